The zero-order valence-electron chi connectivity index (χ0n) is 13.6. The number of benzene rings is 2. The molecule has 0 N–H and O–H groups in total. The van der Waals surface area contributed by atoms with Crippen molar-refractivity contribution >= 4 is 11.9 Å². The van der Waals surface area contributed by atoms with Crippen LogP contribution in [0.5, 0.6) is 0 Å². The summed E-state index contributed by atoms with van der Waals surface area (Å²) in [5.74, 6) is 0.0800. The number of ketones is 1. The van der Waals surface area contributed by atoms with Gasteiger partial charge in [-0.1, -0.05) is 60.7 Å². The fourth-order valence-electron chi connectivity index (χ4n) is 2.96. The Hall–Kier alpha value is -2.62. The van der Waals surface area contributed by atoms with E-state index >= 15 is 0 Å². The van der Waals surface area contributed by atoms with Crippen LogP contribution in [0.25, 0.3) is 0 Å². The lowest BCUT2D eigenvalue weighted by molar-refractivity contribution is -0.125. The van der Waals surface area contributed by atoms with Crippen LogP contribution in [0.15, 0.2) is 60.7 Å². The van der Waals surface area contributed by atoms with Crippen LogP contribution in [0.1, 0.15) is 17.5 Å². The molecule has 0 spiro atoms. The van der Waals surface area contributed by atoms with E-state index in [9.17, 15) is 9.59 Å². The van der Waals surface area contributed by atoms with Crippen molar-refractivity contribution in [2.75, 3.05) is 13.1 Å². The predicted octanol–water partition coefficient (Wildman–Crippen LogP) is 3.46. The van der Waals surface area contributed by atoms with Crippen LogP contribution in [0.2, 0.25) is 0 Å². The molecule has 2 aromatic rings. The summed E-state index contributed by atoms with van der Waals surface area (Å²) < 4.78 is 5.38. The van der Waals surface area contributed by atoms with E-state index in [0.29, 0.717) is 25.9 Å². The predicted molar refractivity (Wildman–Crippen MR) is 91.5 cm³/mol. The fraction of sp³-hybridized carbons (Fsp3) is 0.300. The van der Waals surface area contributed by atoms with Gasteiger partial charge in [-0.05, 0) is 17.5 Å². The normalized spacial score (nSPS) is 17.6. The average Bonchev–Trinajstić information content (AvgIpc) is 2.63. The summed E-state index contributed by atoms with van der Waals surface area (Å²) in [5, 5.41) is 0. The molecule has 1 amide bonds. The molecule has 1 atom stereocenters. The van der Waals surface area contributed by atoms with E-state index in [0.717, 1.165) is 11.1 Å². The molecule has 2 aromatic carbocycles. The van der Waals surface area contributed by atoms with Crippen LogP contribution in [0, 0.1) is 5.92 Å². The van der Waals surface area contributed by atoms with Gasteiger partial charge >= 0.3 is 6.09 Å². The lowest BCUT2D eigenvalue weighted by atomic mass is 9.90. The van der Waals surface area contributed by atoms with Gasteiger partial charge in [0, 0.05) is 25.4 Å². The zero-order valence-corrected chi connectivity index (χ0v) is 13.6. The Morgan fingerprint density at radius 3 is 2.29 bits per heavy atom. The maximum absolute atomic E-state index is 12.3. The molecule has 4 heteroatoms. The molecule has 124 valence electrons. The maximum atomic E-state index is 12.3. The Morgan fingerprint density at radius 2 is 1.62 bits per heavy atom. The standard InChI is InChI=1S/C20H21NO3/c22-19-11-12-21(14-18(19)13-16-7-3-1-4-8-16)20(23)24-15-17-9-5-2-6-10-17/h1-10,18H,11-15H2/t18-/m1/s1. The first-order chi connectivity index (χ1) is 11.7. The van der Waals surface area contributed by atoms with Gasteiger partial charge in [0.2, 0.25) is 0 Å². The highest BCUT2D eigenvalue weighted by Crippen LogP contribution is 2.19. The highest BCUT2D eigenvalue weighted by molar-refractivity contribution is 5.84. The Bertz CT molecular complexity index is 685. The van der Waals surface area contributed by atoms with E-state index < -0.39 is 0 Å². The molecule has 24 heavy (non-hydrogen) atoms. The van der Waals surface area contributed by atoms with Crippen LogP contribution in [-0.2, 0) is 22.6 Å². The highest BCUT2D eigenvalue weighted by Gasteiger charge is 2.30. The number of ether oxygens (including phenoxy) is 1. The van der Waals surface area contributed by atoms with Gasteiger partial charge in [-0.2, -0.15) is 0 Å². The lowest BCUT2D eigenvalue weighted by Crippen LogP contribution is -2.45. The van der Waals surface area contributed by atoms with Crippen LogP contribution < -0.4 is 0 Å². The fourth-order valence-corrected chi connectivity index (χ4v) is 2.96. The second kappa shape index (κ2) is 7.77. The monoisotopic (exact) mass is 323 g/mol. The first-order valence-electron chi connectivity index (χ1n) is 8.24. The molecule has 4 nitrogen and oxygen atoms in total. The molecule has 1 aliphatic heterocycles. The molecule has 0 unspecified atom stereocenters. The minimum absolute atomic E-state index is 0.148. The topological polar surface area (TPSA) is 46.6 Å². The van der Waals surface area contributed by atoms with Crippen molar-refractivity contribution in [3.8, 4) is 0 Å². The second-order valence-electron chi connectivity index (χ2n) is 6.09. The van der Waals surface area contributed by atoms with Gasteiger partial charge in [0.1, 0.15) is 12.4 Å². The van der Waals surface area contributed by atoms with E-state index in [1.165, 1.54) is 0 Å². The van der Waals surface area contributed by atoms with Crippen molar-refractivity contribution < 1.29 is 14.3 Å². The SMILES string of the molecule is O=C1CCN(C(=O)OCc2ccccc2)C[C@H]1Cc1ccccc1. The van der Waals surface area contributed by atoms with Crippen molar-refractivity contribution in [2.24, 2.45) is 5.92 Å². The Morgan fingerprint density at radius 1 is 1.00 bits per heavy atom. The number of Topliss-reactive ketones (excluding diaryl/α,β-unsaturated/α-hetero) is 1. The molecular weight excluding hydrogens is 302 g/mol. The Balaban J connectivity index is 1.56. The summed E-state index contributed by atoms with van der Waals surface area (Å²) in [5.41, 5.74) is 2.08. The van der Waals surface area contributed by atoms with E-state index in [1.54, 1.807) is 4.90 Å². The van der Waals surface area contributed by atoms with Crippen molar-refractivity contribution in [1.29, 1.82) is 0 Å². The van der Waals surface area contributed by atoms with Crippen LogP contribution >= 0.6 is 0 Å². The third-order valence-electron chi connectivity index (χ3n) is 4.31. The van der Waals surface area contributed by atoms with E-state index in [4.69, 9.17) is 4.74 Å². The number of carbonyl (C=O) groups excluding carboxylic acids is 2. The summed E-state index contributed by atoms with van der Waals surface area (Å²) in [6.07, 6.45) is 0.726. The van der Waals surface area contributed by atoms with Gasteiger partial charge in [0.25, 0.3) is 0 Å². The minimum atomic E-state index is -0.343. The smallest absolute Gasteiger partial charge is 0.410 e. The number of hydrogen-bond donors (Lipinski definition) is 0. The average molecular weight is 323 g/mol. The van der Waals surface area contributed by atoms with Crippen molar-refractivity contribution in [1.82, 2.24) is 4.90 Å². The minimum Gasteiger partial charge on any atom is -0.445 e. The highest BCUT2D eigenvalue weighted by atomic mass is 16.6. The molecule has 0 aliphatic carbocycles. The molecular formula is C20H21NO3. The third kappa shape index (κ3) is 4.22. The molecule has 0 aromatic heterocycles. The van der Waals surface area contributed by atoms with Crippen molar-refractivity contribution in [3.63, 3.8) is 0 Å². The number of amides is 1. The van der Waals surface area contributed by atoms with Gasteiger partial charge in [0.15, 0.2) is 0 Å². The largest absolute Gasteiger partial charge is 0.445 e. The summed E-state index contributed by atoms with van der Waals surface area (Å²) in [4.78, 5) is 26.1. The molecule has 1 aliphatic rings. The van der Waals surface area contributed by atoms with Gasteiger partial charge in [-0.3, -0.25) is 4.79 Å². The molecule has 3 rings (SSSR count). The maximum Gasteiger partial charge on any atom is 0.410 e. The summed E-state index contributed by atoms with van der Waals surface area (Å²) in [7, 11) is 0. The van der Waals surface area contributed by atoms with Crippen molar-refractivity contribution in [3.05, 3.63) is 71.8 Å². The number of piperidine rings is 1. The Kier molecular flexibility index (Phi) is 5.26. The molecule has 1 fully saturated rings. The number of rotatable bonds is 4. The third-order valence-corrected chi connectivity index (χ3v) is 4.31. The quantitative estimate of drug-likeness (QED) is 0.866. The van der Waals surface area contributed by atoms with Crippen LogP contribution in [0.4, 0.5) is 4.79 Å². The van der Waals surface area contributed by atoms with Gasteiger partial charge < -0.3 is 9.64 Å². The summed E-state index contributed by atoms with van der Waals surface area (Å²) in [6, 6.07) is 19.5. The second-order valence-corrected chi connectivity index (χ2v) is 6.09. The first kappa shape index (κ1) is 16.2. The van der Waals surface area contributed by atoms with Gasteiger partial charge in [0.05, 0.1) is 0 Å². The van der Waals surface area contributed by atoms with Gasteiger partial charge in [-0.25, -0.2) is 4.79 Å². The number of carbonyl (C=O) groups is 2. The molecule has 1 heterocycles. The number of likely N-dealkylation sites (tertiary alicyclic amines) is 1. The first-order valence-corrected chi connectivity index (χ1v) is 8.24. The van der Waals surface area contributed by atoms with Crippen LogP contribution in [0.3, 0.4) is 0 Å². The van der Waals surface area contributed by atoms with Gasteiger partial charge in [-0.15, -0.1) is 0 Å². The van der Waals surface area contributed by atoms with Crippen LogP contribution in [-0.4, -0.2) is 29.9 Å². The zero-order chi connectivity index (χ0) is 16.8. The molecule has 0 saturated carbocycles. The molecule has 0 radical (unpaired) electrons. The lowest BCUT2D eigenvalue weighted by Gasteiger charge is -2.31. The van der Waals surface area contributed by atoms with E-state index in [1.807, 2.05) is 60.7 Å². The summed E-state index contributed by atoms with van der Waals surface area (Å²) >= 11 is 0. The number of hydrogen-bond acceptors (Lipinski definition) is 3. The Labute approximate surface area is 142 Å². The molecule has 0 bridgehead atoms. The van der Waals surface area contributed by atoms with Crippen molar-refractivity contribution in [2.45, 2.75) is 19.4 Å². The van der Waals surface area contributed by atoms with E-state index in [-0.39, 0.29) is 24.4 Å². The molecule has 1 saturated heterocycles. The summed E-state index contributed by atoms with van der Waals surface area (Å²) in [6.45, 7) is 1.13. The van der Waals surface area contributed by atoms with E-state index in [2.05, 4.69) is 0 Å². The number of nitrogens with zero attached hydrogens (tertiary/aromatic N) is 1.